The van der Waals surface area contributed by atoms with Crippen LogP contribution >= 0.6 is 0 Å². The minimum absolute atomic E-state index is 0. The summed E-state index contributed by atoms with van der Waals surface area (Å²) in [6.45, 7) is 24.8. The largest absolute Gasteiger partial charge is 2.00 e. The Morgan fingerprint density at radius 2 is 0.452 bits per heavy atom. The van der Waals surface area contributed by atoms with Gasteiger partial charge in [0.25, 0.3) is 0 Å². The van der Waals surface area contributed by atoms with Crippen molar-refractivity contribution in [1.29, 1.82) is 0 Å². The fourth-order valence-corrected chi connectivity index (χ4v) is 0. The molecule has 0 bridgehead atoms. The molecule has 0 fully saturated rings. The minimum atomic E-state index is 0. The molecule has 0 aliphatic heterocycles. The number of hydrogen-bond donors (Lipinski definition) is 4. The van der Waals surface area contributed by atoms with Gasteiger partial charge in [-0.1, -0.05) is 94.9 Å². The summed E-state index contributed by atoms with van der Waals surface area (Å²) in [5.41, 5.74) is 0. The quantitative estimate of drug-likeness (QED) is 0.424. The summed E-state index contributed by atoms with van der Waals surface area (Å²) in [5.74, 6) is 2.42. The van der Waals surface area contributed by atoms with Crippen molar-refractivity contribution < 1.29 is 52.4 Å². The molecule has 0 amide bonds. The molecule has 6 nitrogen and oxygen atoms in total. The summed E-state index contributed by atoms with van der Waals surface area (Å²) < 4.78 is 0. The van der Waals surface area contributed by atoms with Gasteiger partial charge in [0.05, 0.1) is 0 Å². The predicted octanol–water partition coefficient (Wildman–Crippen LogP) is 2.54. The molecule has 0 aliphatic carbocycles. The topological polar surface area (TPSA) is 127 Å². The maximum absolute atomic E-state index is 9.63. The Morgan fingerprint density at radius 3 is 0.452 bits per heavy atom. The van der Waals surface area contributed by atoms with Crippen LogP contribution in [0.25, 0.3) is 0 Å². The zero-order valence-corrected chi connectivity index (χ0v) is 24.4. The third-order valence-corrected chi connectivity index (χ3v) is 2.13. The smallest absolute Gasteiger partial charge is 0.854 e. The van der Waals surface area contributed by atoms with Crippen molar-refractivity contribution in [2.45, 2.75) is 83.1 Å². The number of aliphatic hydroxyl groups excluding tert-OH is 4. The monoisotopic (exact) mass is 490 g/mol. The van der Waals surface area contributed by atoms with Crippen LogP contribution in [-0.4, -0.2) is 60.1 Å². The van der Waals surface area contributed by atoms with Gasteiger partial charge >= 0.3 is 21.7 Å². The molecule has 0 saturated heterocycles. The van der Waals surface area contributed by atoms with E-state index < -0.39 is 0 Å². The van der Waals surface area contributed by atoms with Crippen molar-refractivity contribution in [2.75, 3.05) is 39.6 Å². The standard InChI is InChI=1S/4C4H10O.2C4H9O.Ti/c6*1-4(2)3-5;/h4*4-5H,3H2,1-2H3;2*4H,3H2,1-2H3;/q;;;;2*-1;+2. The molecule has 0 heterocycles. The van der Waals surface area contributed by atoms with Gasteiger partial charge in [0, 0.05) is 26.4 Å². The summed E-state index contributed by atoms with van der Waals surface area (Å²) in [7, 11) is 0. The molecule has 0 rings (SSSR count). The maximum atomic E-state index is 9.63. The van der Waals surface area contributed by atoms with Gasteiger partial charge in [0.1, 0.15) is 0 Å². The first kappa shape index (κ1) is 48.8. The third-order valence-electron chi connectivity index (χ3n) is 2.13. The van der Waals surface area contributed by atoms with E-state index in [1.54, 1.807) is 0 Å². The van der Waals surface area contributed by atoms with Crippen molar-refractivity contribution in [3.05, 3.63) is 0 Å². The normalized spacial score (nSPS) is 9.29. The predicted molar refractivity (Wildman–Crippen MR) is 127 cm³/mol. The van der Waals surface area contributed by atoms with Gasteiger partial charge in [-0.2, -0.15) is 0 Å². The van der Waals surface area contributed by atoms with Crippen LogP contribution in [-0.2, 0) is 21.7 Å². The van der Waals surface area contributed by atoms with Crippen molar-refractivity contribution in [2.24, 2.45) is 35.5 Å². The number of rotatable bonds is 6. The fraction of sp³-hybridized carbons (Fsp3) is 1.00. The maximum Gasteiger partial charge on any atom is 2.00 e. The first-order valence-electron chi connectivity index (χ1n) is 11.2. The van der Waals surface area contributed by atoms with Crippen LogP contribution in [0, 0.1) is 35.5 Å². The van der Waals surface area contributed by atoms with E-state index in [0.29, 0.717) is 61.9 Å². The summed E-state index contributed by atoms with van der Waals surface area (Å²) in [5, 5.41) is 51.8. The van der Waals surface area contributed by atoms with E-state index in [-0.39, 0.29) is 34.9 Å². The van der Waals surface area contributed by atoms with E-state index in [0.717, 1.165) is 0 Å². The van der Waals surface area contributed by atoms with Gasteiger partial charge in [0.2, 0.25) is 0 Å². The van der Waals surface area contributed by atoms with Crippen LogP contribution in [0.1, 0.15) is 83.1 Å². The fourth-order valence-electron chi connectivity index (χ4n) is 0. The van der Waals surface area contributed by atoms with Gasteiger partial charge in [0.15, 0.2) is 0 Å². The van der Waals surface area contributed by atoms with Crippen LogP contribution in [0.3, 0.4) is 0 Å². The van der Waals surface area contributed by atoms with Crippen molar-refractivity contribution in [3.8, 4) is 0 Å². The molecule has 0 aromatic rings. The van der Waals surface area contributed by atoms with E-state index in [1.165, 1.54) is 0 Å². The Hall–Kier alpha value is 0.474. The SMILES string of the molecule is CC(C)CO.CC(C)CO.CC(C)CO.CC(C)CO.CC(C)C[O-].CC(C)C[O-].[Ti+2]. The molecule has 4 N–H and O–H groups in total. The minimum Gasteiger partial charge on any atom is -0.854 e. The van der Waals surface area contributed by atoms with Crippen molar-refractivity contribution in [3.63, 3.8) is 0 Å². The Bertz CT molecular complexity index is 174. The van der Waals surface area contributed by atoms with E-state index in [9.17, 15) is 10.2 Å². The van der Waals surface area contributed by atoms with Gasteiger partial charge in [-0.3, -0.25) is 0 Å². The summed E-state index contributed by atoms with van der Waals surface area (Å²) >= 11 is 0. The Labute approximate surface area is 210 Å². The second kappa shape index (κ2) is 44.2. The Kier molecular flexibility index (Phi) is 69.6. The van der Waals surface area contributed by atoms with Gasteiger partial charge in [-0.15, -0.1) is 13.2 Å². The molecule has 7 heteroatoms. The van der Waals surface area contributed by atoms with E-state index in [4.69, 9.17) is 20.4 Å². The van der Waals surface area contributed by atoms with E-state index in [1.807, 2.05) is 83.1 Å². The summed E-state index contributed by atoms with van der Waals surface area (Å²) in [6, 6.07) is 0. The molecule has 0 aliphatic rings. The van der Waals surface area contributed by atoms with Crippen LogP contribution in [0.2, 0.25) is 0 Å². The van der Waals surface area contributed by atoms with Crippen LogP contribution < -0.4 is 10.2 Å². The Balaban J connectivity index is -0.0000000443. The summed E-state index contributed by atoms with van der Waals surface area (Å²) in [6.07, 6.45) is 0. The molecule has 0 unspecified atom stereocenters. The Morgan fingerprint density at radius 1 is 0.387 bits per heavy atom. The molecular formula is C24H58O6Ti. The molecule has 0 atom stereocenters. The number of hydrogen-bond acceptors (Lipinski definition) is 6. The molecule has 31 heavy (non-hydrogen) atoms. The first-order chi connectivity index (χ1) is 13.6. The van der Waals surface area contributed by atoms with E-state index >= 15 is 0 Å². The average Bonchev–Trinajstić information content (AvgIpc) is 2.69. The molecule has 194 valence electrons. The molecule has 0 aromatic heterocycles. The molecule has 0 saturated carbocycles. The zero-order valence-electron chi connectivity index (χ0n) is 22.8. The van der Waals surface area contributed by atoms with Crippen LogP contribution in [0.4, 0.5) is 0 Å². The van der Waals surface area contributed by atoms with Crippen LogP contribution in [0.15, 0.2) is 0 Å². The first-order valence-corrected chi connectivity index (χ1v) is 11.2. The molecule has 0 aromatic carbocycles. The molecular weight excluding hydrogens is 432 g/mol. The van der Waals surface area contributed by atoms with Crippen molar-refractivity contribution in [1.82, 2.24) is 0 Å². The van der Waals surface area contributed by atoms with Gasteiger partial charge < -0.3 is 30.6 Å². The van der Waals surface area contributed by atoms with Crippen molar-refractivity contribution >= 4 is 0 Å². The van der Waals surface area contributed by atoms with Crippen LogP contribution in [0.5, 0.6) is 0 Å². The van der Waals surface area contributed by atoms with Gasteiger partial charge in [-0.05, 0) is 23.7 Å². The summed E-state index contributed by atoms with van der Waals surface area (Å²) in [4.78, 5) is 0. The second-order valence-corrected chi connectivity index (χ2v) is 9.43. The molecule has 0 radical (unpaired) electrons. The molecule has 0 spiro atoms. The number of aliphatic hydroxyl groups is 4. The second-order valence-electron chi connectivity index (χ2n) is 9.43. The zero-order chi connectivity index (χ0) is 25.7. The van der Waals surface area contributed by atoms with E-state index in [2.05, 4.69) is 0 Å². The van der Waals surface area contributed by atoms with Gasteiger partial charge in [-0.25, -0.2) is 0 Å². The third kappa shape index (κ3) is 159. The average molecular weight is 491 g/mol.